The van der Waals surface area contributed by atoms with Crippen molar-refractivity contribution in [2.24, 2.45) is 11.8 Å². The van der Waals surface area contributed by atoms with Crippen LogP contribution in [-0.4, -0.2) is 39.2 Å². The molecule has 2 aromatic carbocycles. The Balaban J connectivity index is 1.40. The molecular weight excluding hydrogens is 397 g/mol. The Morgan fingerprint density at radius 1 is 1.16 bits per heavy atom. The summed E-state index contributed by atoms with van der Waals surface area (Å²) in [7, 11) is 0. The van der Waals surface area contributed by atoms with Crippen LogP contribution in [0.4, 0.5) is 4.39 Å². The molecule has 1 amide bonds. The quantitative estimate of drug-likeness (QED) is 0.681. The van der Waals surface area contributed by atoms with Gasteiger partial charge in [0.05, 0.1) is 23.1 Å². The fourth-order valence-electron chi connectivity index (χ4n) is 5.44. The number of benzene rings is 2. The number of hydrogen-bond acceptors (Lipinski definition) is 4. The zero-order chi connectivity index (χ0) is 21.6. The number of aliphatic hydroxyl groups is 1. The fraction of sp³-hybridized carbons (Fsp3) is 0.375. The monoisotopic (exact) mass is 421 g/mol. The van der Waals surface area contributed by atoms with Crippen molar-refractivity contribution in [1.82, 2.24) is 15.1 Å². The molecule has 1 saturated carbocycles. The van der Waals surface area contributed by atoms with Gasteiger partial charge in [-0.3, -0.25) is 9.59 Å². The fourth-order valence-corrected chi connectivity index (χ4v) is 5.44. The van der Waals surface area contributed by atoms with E-state index in [1.165, 1.54) is 6.07 Å². The summed E-state index contributed by atoms with van der Waals surface area (Å²) in [5, 5.41) is 19.3. The van der Waals surface area contributed by atoms with Crippen LogP contribution >= 0.6 is 0 Å². The summed E-state index contributed by atoms with van der Waals surface area (Å²) in [5.41, 5.74) is -0.702. The Kier molecular flexibility index (Phi) is 4.85. The molecule has 0 radical (unpaired) electrons. The number of nitrogens with one attached hydrogen (secondary N) is 1. The molecule has 7 heteroatoms. The number of rotatable bonds is 3. The van der Waals surface area contributed by atoms with Gasteiger partial charge in [-0.1, -0.05) is 36.4 Å². The van der Waals surface area contributed by atoms with E-state index in [9.17, 15) is 19.1 Å². The van der Waals surface area contributed by atoms with Gasteiger partial charge >= 0.3 is 0 Å². The van der Waals surface area contributed by atoms with Crippen molar-refractivity contribution in [3.8, 4) is 0 Å². The van der Waals surface area contributed by atoms with Crippen molar-refractivity contribution < 1.29 is 14.3 Å². The third kappa shape index (κ3) is 3.33. The minimum Gasteiger partial charge on any atom is -0.385 e. The number of H-pyrrole nitrogens is 1. The maximum Gasteiger partial charge on any atom is 0.272 e. The highest BCUT2D eigenvalue weighted by molar-refractivity contribution is 5.88. The van der Waals surface area contributed by atoms with Crippen LogP contribution in [0.25, 0.3) is 10.8 Å². The van der Waals surface area contributed by atoms with E-state index in [4.69, 9.17) is 0 Å². The Labute approximate surface area is 178 Å². The molecule has 6 nitrogen and oxygen atoms in total. The van der Waals surface area contributed by atoms with Crippen LogP contribution in [0.3, 0.4) is 0 Å². The van der Waals surface area contributed by atoms with Gasteiger partial charge in [0, 0.05) is 30.0 Å². The Hall–Kier alpha value is -3.06. The molecule has 1 saturated heterocycles. The van der Waals surface area contributed by atoms with Gasteiger partial charge in [0.2, 0.25) is 5.91 Å². The highest BCUT2D eigenvalue weighted by atomic mass is 19.1. The molecule has 3 atom stereocenters. The van der Waals surface area contributed by atoms with Crippen molar-refractivity contribution >= 4 is 16.7 Å². The van der Waals surface area contributed by atoms with Gasteiger partial charge in [-0.2, -0.15) is 5.10 Å². The molecule has 1 aliphatic carbocycles. The van der Waals surface area contributed by atoms with Crippen molar-refractivity contribution in [3.63, 3.8) is 0 Å². The molecule has 2 N–H and O–H groups in total. The van der Waals surface area contributed by atoms with Gasteiger partial charge in [-0.25, -0.2) is 9.49 Å². The lowest BCUT2D eigenvalue weighted by molar-refractivity contribution is -0.130. The lowest BCUT2D eigenvalue weighted by atomic mass is 9.67. The SMILES string of the molecule is O=C(Cc1n[nH]c(=O)c2ccccc12)N1C[C@H]2CCC[C@@](O)(c3ccccc3F)[C@@H]2C1. The van der Waals surface area contributed by atoms with Crippen molar-refractivity contribution in [1.29, 1.82) is 0 Å². The van der Waals surface area contributed by atoms with Gasteiger partial charge in [-0.05, 0) is 37.3 Å². The number of aromatic amines is 1. The molecule has 2 fully saturated rings. The van der Waals surface area contributed by atoms with Crippen molar-refractivity contribution in [3.05, 3.63) is 76.0 Å². The maximum absolute atomic E-state index is 14.5. The molecule has 1 aliphatic heterocycles. The van der Waals surface area contributed by atoms with E-state index in [0.29, 0.717) is 41.5 Å². The largest absolute Gasteiger partial charge is 0.385 e. The lowest BCUT2D eigenvalue weighted by Crippen LogP contribution is -2.43. The second kappa shape index (κ2) is 7.57. The highest BCUT2D eigenvalue weighted by Gasteiger charge is 2.51. The highest BCUT2D eigenvalue weighted by Crippen LogP contribution is 2.48. The van der Waals surface area contributed by atoms with E-state index in [-0.39, 0.29) is 29.7 Å². The normalized spacial score (nSPS) is 25.5. The number of hydrogen-bond donors (Lipinski definition) is 2. The van der Waals surface area contributed by atoms with E-state index >= 15 is 0 Å². The predicted molar refractivity (Wildman–Crippen MR) is 114 cm³/mol. The first-order chi connectivity index (χ1) is 15.0. The first-order valence-electron chi connectivity index (χ1n) is 10.7. The lowest BCUT2D eigenvalue weighted by Gasteiger charge is -2.41. The number of halogens is 1. The molecule has 2 heterocycles. The van der Waals surface area contributed by atoms with Crippen LogP contribution in [0.2, 0.25) is 0 Å². The minimum absolute atomic E-state index is 0.0643. The molecule has 2 aliphatic rings. The Morgan fingerprint density at radius 3 is 2.71 bits per heavy atom. The van der Waals surface area contributed by atoms with Gasteiger partial charge < -0.3 is 10.0 Å². The first kappa shape index (κ1) is 19.9. The Bertz CT molecular complexity index is 1210. The second-order valence-electron chi connectivity index (χ2n) is 8.68. The van der Waals surface area contributed by atoms with Crippen LogP contribution in [0.15, 0.2) is 53.3 Å². The molecule has 31 heavy (non-hydrogen) atoms. The van der Waals surface area contributed by atoms with Gasteiger partial charge in [0.1, 0.15) is 5.82 Å². The van der Waals surface area contributed by atoms with Crippen LogP contribution in [0, 0.1) is 17.7 Å². The van der Waals surface area contributed by atoms with Crippen LogP contribution in [0.1, 0.15) is 30.5 Å². The Morgan fingerprint density at radius 2 is 1.90 bits per heavy atom. The molecule has 0 spiro atoms. The summed E-state index contributed by atoms with van der Waals surface area (Å²) in [5.74, 6) is -0.584. The average Bonchev–Trinajstić information content (AvgIpc) is 3.22. The third-order valence-electron chi connectivity index (χ3n) is 6.97. The molecule has 0 bridgehead atoms. The van der Waals surface area contributed by atoms with Crippen molar-refractivity contribution in [2.45, 2.75) is 31.3 Å². The van der Waals surface area contributed by atoms with Crippen molar-refractivity contribution in [2.75, 3.05) is 13.1 Å². The summed E-state index contributed by atoms with van der Waals surface area (Å²) < 4.78 is 14.5. The standard InChI is InChI=1S/C24H24FN3O3/c25-20-10-4-3-9-18(20)24(31)11-5-6-15-13-28(14-19(15)24)22(29)12-21-16-7-1-2-8-17(16)23(30)27-26-21/h1-4,7-10,15,19,31H,5-6,11-14H2,(H,27,30)/t15-,19-,24-/m1/s1. The maximum atomic E-state index is 14.5. The number of aromatic nitrogens is 2. The number of nitrogens with zero attached hydrogens (tertiary/aromatic N) is 2. The first-order valence-corrected chi connectivity index (χ1v) is 10.7. The topological polar surface area (TPSA) is 86.3 Å². The van der Waals surface area contributed by atoms with E-state index in [1.54, 1.807) is 41.3 Å². The average molecular weight is 421 g/mol. The zero-order valence-electron chi connectivity index (χ0n) is 17.1. The summed E-state index contributed by atoms with van der Waals surface area (Å²) in [4.78, 5) is 26.9. The van der Waals surface area contributed by atoms with Crippen LogP contribution in [0.5, 0.6) is 0 Å². The van der Waals surface area contributed by atoms with E-state index < -0.39 is 11.4 Å². The second-order valence-corrected chi connectivity index (χ2v) is 8.68. The number of carbonyl (C=O) groups is 1. The molecule has 160 valence electrons. The summed E-state index contributed by atoms with van der Waals surface area (Å²) in [6, 6.07) is 13.5. The number of amides is 1. The van der Waals surface area contributed by atoms with Crippen LogP contribution in [-0.2, 0) is 16.8 Å². The summed E-state index contributed by atoms with van der Waals surface area (Å²) in [6.07, 6.45) is 2.25. The molecule has 3 aromatic rings. The van der Waals surface area contributed by atoms with Gasteiger partial charge in [0.15, 0.2) is 0 Å². The van der Waals surface area contributed by atoms with Crippen LogP contribution < -0.4 is 5.56 Å². The van der Waals surface area contributed by atoms with E-state index in [1.807, 2.05) is 6.07 Å². The molecular formula is C24H24FN3O3. The van der Waals surface area contributed by atoms with Gasteiger partial charge in [0.25, 0.3) is 5.56 Å². The summed E-state index contributed by atoms with van der Waals surface area (Å²) in [6.45, 7) is 0.928. The number of carbonyl (C=O) groups excluding carboxylic acids is 1. The zero-order valence-corrected chi connectivity index (χ0v) is 17.1. The smallest absolute Gasteiger partial charge is 0.272 e. The summed E-state index contributed by atoms with van der Waals surface area (Å²) >= 11 is 0. The van der Waals surface area contributed by atoms with E-state index in [0.717, 1.165) is 12.8 Å². The minimum atomic E-state index is -1.27. The number of likely N-dealkylation sites (tertiary alicyclic amines) is 1. The number of fused-ring (bicyclic) bond motifs is 2. The molecule has 0 unspecified atom stereocenters. The van der Waals surface area contributed by atoms with E-state index in [2.05, 4.69) is 10.2 Å². The van der Waals surface area contributed by atoms with Gasteiger partial charge in [-0.15, -0.1) is 0 Å². The molecule has 5 rings (SSSR count). The predicted octanol–water partition coefficient (Wildman–Crippen LogP) is 2.75. The third-order valence-corrected chi connectivity index (χ3v) is 6.97. The molecule has 1 aromatic heterocycles.